The first-order valence-corrected chi connectivity index (χ1v) is 12.2. The Morgan fingerprint density at radius 3 is 2.56 bits per heavy atom. The maximum Gasteiger partial charge on any atom is 0.251 e. The van der Waals surface area contributed by atoms with Crippen LogP contribution in [0.5, 0.6) is 0 Å². The minimum Gasteiger partial charge on any atom is -0.350 e. The number of carbonyl (C=O) groups excluding carboxylic acids is 1. The molecule has 0 aliphatic rings. The minimum absolute atomic E-state index is 0.0428. The molecule has 0 aliphatic heterocycles. The molecule has 6 heteroatoms. The van der Waals surface area contributed by atoms with Gasteiger partial charge < -0.3 is 9.88 Å². The third-order valence-corrected chi connectivity index (χ3v) is 7.39. The lowest BCUT2D eigenvalue weighted by molar-refractivity contribution is 0.0952. The number of carbonyl (C=O) groups is 1. The zero-order valence-electron chi connectivity index (χ0n) is 18.0. The van der Waals surface area contributed by atoms with Gasteiger partial charge in [0.1, 0.15) is 0 Å². The summed E-state index contributed by atoms with van der Waals surface area (Å²) in [7, 11) is 0. The van der Waals surface area contributed by atoms with Crippen LogP contribution in [0.15, 0.2) is 71.8 Å². The van der Waals surface area contributed by atoms with Crippen LogP contribution in [0.2, 0.25) is 10.0 Å². The highest BCUT2D eigenvalue weighted by Crippen LogP contribution is 2.33. The van der Waals surface area contributed by atoms with E-state index in [-0.39, 0.29) is 5.91 Å². The van der Waals surface area contributed by atoms with E-state index in [4.69, 9.17) is 23.2 Å². The molecule has 1 heterocycles. The third-order valence-electron chi connectivity index (χ3n) is 5.54. The lowest BCUT2D eigenvalue weighted by Gasteiger charge is -2.09. The van der Waals surface area contributed by atoms with Crippen LogP contribution in [-0.4, -0.2) is 17.0 Å². The summed E-state index contributed by atoms with van der Waals surface area (Å²) in [5.41, 5.74) is 5.29. The van der Waals surface area contributed by atoms with Crippen molar-refractivity contribution in [2.24, 2.45) is 0 Å². The van der Waals surface area contributed by atoms with Crippen molar-refractivity contribution < 1.29 is 4.79 Å². The van der Waals surface area contributed by atoms with Gasteiger partial charge >= 0.3 is 0 Å². The van der Waals surface area contributed by atoms with E-state index in [2.05, 4.69) is 34.3 Å². The van der Waals surface area contributed by atoms with Crippen LogP contribution in [0.25, 0.3) is 10.9 Å². The van der Waals surface area contributed by atoms with Crippen molar-refractivity contribution in [3.63, 3.8) is 0 Å². The van der Waals surface area contributed by atoms with E-state index in [9.17, 15) is 4.79 Å². The number of hydrogen-bond acceptors (Lipinski definition) is 2. The Balaban J connectivity index is 1.44. The van der Waals surface area contributed by atoms with E-state index in [0.29, 0.717) is 28.7 Å². The first-order valence-electron chi connectivity index (χ1n) is 10.4. The maximum atomic E-state index is 12.5. The van der Waals surface area contributed by atoms with Crippen LogP contribution < -0.4 is 5.32 Å². The Bertz CT molecular complexity index is 1280. The number of nitrogens with zero attached hydrogens (tertiary/aromatic N) is 1. The van der Waals surface area contributed by atoms with Crippen LogP contribution in [0.1, 0.15) is 27.0 Å². The fraction of sp³-hybridized carbons (Fsp3) is 0.192. The third kappa shape index (κ3) is 5.15. The summed E-state index contributed by atoms with van der Waals surface area (Å²) in [5, 5.41) is 5.40. The molecule has 0 aliphatic carbocycles. The maximum absolute atomic E-state index is 12.5. The van der Waals surface area contributed by atoms with Gasteiger partial charge in [-0.1, -0.05) is 53.5 Å². The van der Waals surface area contributed by atoms with Gasteiger partial charge in [0, 0.05) is 46.4 Å². The number of halogens is 2. The van der Waals surface area contributed by atoms with Gasteiger partial charge in [-0.15, -0.1) is 11.8 Å². The van der Waals surface area contributed by atoms with Crippen LogP contribution >= 0.6 is 35.0 Å². The van der Waals surface area contributed by atoms with Crippen molar-refractivity contribution in [3.05, 3.63) is 99.2 Å². The topological polar surface area (TPSA) is 34.0 Å². The molecule has 3 aromatic carbocycles. The van der Waals surface area contributed by atoms with E-state index in [1.54, 1.807) is 11.8 Å². The van der Waals surface area contributed by atoms with Gasteiger partial charge in [-0.25, -0.2) is 0 Å². The number of para-hydroxylation sites is 1. The molecule has 0 unspecified atom stereocenters. The van der Waals surface area contributed by atoms with E-state index in [0.717, 1.165) is 22.4 Å². The summed E-state index contributed by atoms with van der Waals surface area (Å²) in [6.45, 7) is 5.33. The first kappa shape index (κ1) is 22.8. The Labute approximate surface area is 202 Å². The second kappa shape index (κ2) is 10.0. The molecule has 1 aromatic heterocycles. The van der Waals surface area contributed by atoms with Gasteiger partial charge in [-0.05, 0) is 60.9 Å². The standard InChI is InChI=1S/C26H24Cl2N2OS/c1-17-7-9-20(13-18(17)2)26(31)29-11-12-30-15-25(21-5-3-4-6-24(21)30)32-16-19-8-10-22(27)23(28)14-19/h3-10,13-15H,11-12,16H2,1-2H3,(H,29,31). The quantitative estimate of drug-likeness (QED) is 0.280. The number of benzene rings is 3. The average Bonchev–Trinajstić information content (AvgIpc) is 3.14. The highest BCUT2D eigenvalue weighted by molar-refractivity contribution is 7.98. The number of hydrogen-bond donors (Lipinski definition) is 1. The molecule has 0 fully saturated rings. The number of amides is 1. The van der Waals surface area contributed by atoms with Gasteiger partial charge in [0.05, 0.1) is 10.0 Å². The second-order valence-electron chi connectivity index (χ2n) is 7.80. The number of aromatic nitrogens is 1. The summed E-state index contributed by atoms with van der Waals surface area (Å²) in [5.74, 6) is 0.757. The fourth-order valence-electron chi connectivity index (χ4n) is 3.58. The zero-order chi connectivity index (χ0) is 22.7. The molecule has 0 bridgehead atoms. The predicted molar refractivity (Wildman–Crippen MR) is 136 cm³/mol. The number of rotatable bonds is 7. The number of aryl methyl sites for hydroxylation is 2. The van der Waals surface area contributed by atoms with Crippen LogP contribution in [0.3, 0.4) is 0 Å². The number of thioether (sulfide) groups is 1. The molecule has 0 saturated carbocycles. The van der Waals surface area contributed by atoms with Crippen LogP contribution in [-0.2, 0) is 12.3 Å². The minimum atomic E-state index is -0.0428. The summed E-state index contributed by atoms with van der Waals surface area (Å²) in [4.78, 5) is 13.7. The first-order chi connectivity index (χ1) is 15.4. The Hall–Kier alpha value is -2.40. The van der Waals surface area contributed by atoms with E-state index in [1.165, 1.54) is 15.8 Å². The largest absolute Gasteiger partial charge is 0.350 e. The van der Waals surface area contributed by atoms with Crippen molar-refractivity contribution in [2.45, 2.75) is 31.0 Å². The number of fused-ring (bicyclic) bond motifs is 1. The van der Waals surface area contributed by atoms with Gasteiger partial charge in [0.2, 0.25) is 0 Å². The fourth-order valence-corrected chi connectivity index (χ4v) is 4.93. The summed E-state index contributed by atoms with van der Waals surface area (Å²) in [6.07, 6.45) is 2.16. The Morgan fingerprint density at radius 1 is 0.969 bits per heavy atom. The molecule has 0 atom stereocenters. The van der Waals surface area contributed by atoms with E-state index >= 15 is 0 Å². The summed E-state index contributed by atoms with van der Waals surface area (Å²) in [6, 6.07) is 19.9. The van der Waals surface area contributed by atoms with Crippen LogP contribution in [0.4, 0.5) is 0 Å². The smallest absolute Gasteiger partial charge is 0.251 e. The predicted octanol–water partition coefficient (Wildman–Crippen LogP) is 7.29. The van der Waals surface area contributed by atoms with Crippen molar-refractivity contribution in [3.8, 4) is 0 Å². The average molecular weight is 483 g/mol. The monoisotopic (exact) mass is 482 g/mol. The SMILES string of the molecule is Cc1ccc(C(=O)NCCn2cc(SCc3ccc(Cl)c(Cl)c3)c3ccccc32)cc1C. The lowest BCUT2D eigenvalue weighted by Crippen LogP contribution is -2.27. The Morgan fingerprint density at radius 2 is 1.78 bits per heavy atom. The van der Waals surface area contributed by atoms with Crippen molar-refractivity contribution in [1.29, 1.82) is 0 Å². The zero-order valence-corrected chi connectivity index (χ0v) is 20.3. The van der Waals surface area contributed by atoms with E-state index in [1.807, 2.05) is 56.3 Å². The molecule has 1 amide bonds. The molecule has 1 N–H and O–H groups in total. The van der Waals surface area contributed by atoms with Crippen molar-refractivity contribution >= 4 is 51.8 Å². The molecule has 0 radical (unpaired) electrons. The molecule has 4 rings (SSSR count). The van der Waals surface area contributed by atoms with Gasteiger partial charge in [0.15, 0.2) is 0 Å². The lowest BCUT2D eigenvalue weighted by atomic mass is 10.1. The highest BCUT2D eigenvalue weighted by atomic mass is 35.5. The normalized spacial score (nSPS) is 11.1. The van der Waals surface area contributed by atoms with Gasteiger partial charge in [-0.3, -0.25) is 4.79 Å². The van der Waals surface area contributed by atoms with E-state index < -0.39 is 0 Å². The van der Waals surface area contributed by atoms with Crippen molar-refractivity contribution in [2.75, 3.05) is 6.54 Å². The van der Waals surface area contributed by atoms with Gasteiger partial charge in [0.25, 0.3) is 5.91 Å². The molecule has 32 heavy (non-hydrogen) atoms. The van der Waals surface area contributed by atoms with Gasteiger partial charge in [-0.2, -0.15) is 0 Å². The summed E-state index contributed by atoms with van der Waals surface area (Å²) < 4.78 is 2.20. The second-order valence-corrected chi connectivity index (χ2v) is 9.63. The summed E-state index contributed by atoms with van der Waals surface area (Å²) >= 11 is 14.0. The molecule has 4 aromatic rings. The molecule has 3 nitrogen and oxygen atoms in total. The number of nitrogens with one attached hydrogen (secondary N) is 1. The molecule has 0 spiro atoms. The molecule has 0 saturated heterocycles. The molecular weight excluding hydrogens is 459 g/mol. The van der Waals surface area contributed by atoms with Crippen molar-refractivity contribution in [1.82, 2.24) is 9.88 Å². The highest BCUT2D eigenvalue weighted by Gasteiger charge is 2.11. The Kier molecular flexibility index (Phi) is 7.14. The molecule has 164 valence electrons. The molecular formula is C26H24Cl2N2OS. The van der Waals surface area contributed by atoms with Crippen LogP contribution in [0, 0.1) is 13.8 Å².